The van der Waals surface area contributed by atoms with Gasteiger partial charge in [0.15, 0.2) is 0 Å². The van der Waals surface area contributed by atoms with E-state index in [0.29, 0.717) is 26.2 Å². The van der Waals surface area contributed by atoms with Crippen molar-refractivity contribution in [3.8, 4) is 0 Å². The minimum absolute atomic E-state index is 0.163. The van der Waals surface area contributed by atoms with E-state index in [0.717, 1.165) is 13.1 Å². The Balaban J connectivity index is 2.31. The lowest BCUT2D eigenvalue weighted by atomic mass is 10.1. The Morgan fingerprint density at radius 1 is 1.41 bits per heavy atom. The Kier molecular flexibility index (Phi) is 5.93. The molecule has 1 rings (SSSR count). The second-order valence-electron chi connectivity index (χ2n) is 4.08. The molecular formula is C11H19NO5. The van der Waals surface area contributed by atoms with Crippen LogP contribution in [0.2, 0.25) is 0 Å². The normalized spacial score (nSPS) is 18.6. The van der Waals surface area contributed by atoms with Crippen molar-refractivity contribution >= 4 is 11.9 Å². The minimum atomic E-state index is -0.844. The molecule has 98 valence electrons. The Bertz CT molecular complexity index is 263. The van der Waals surface area contributed by atoms with Crippen molar-refractivity contribution in [2.24, 2.45) is 5.92 Å². The van der Waals surface area contributed by atoms with E-state index < -0.39 is 11.9 Å². The summed E-state index contributed by atoms with van der Waals surface area (Å²) in [4.78, 5) is 23.7. The number of carboxylic acids is 1. The minimum Gasteiger partial charge on any atom is -0.481 e. The Morgan fingerprint density at radius 2 is 2.06 bits per heavy atom. The molecular weight excluding hydrogens is 226 g/mol. The number of hydrogen-bond donors (Lipinski definition) is 1. The summed E-state index contributed by atoms with van der Waals surface area (Å²) < 4.78 is 9.96. The van der Waals surface area contributed by atoms with Crippen molar-refractivity contribution < 1.29 is 24.2 Å². The third kappa shape index (κ3) is 5.65. The number of nitrogens with zero attached hydrogens (tertiary/aromatic N) is 1. The molecule has 1 aliphatic heterocycles. The highest BCUT2D eigenvalue weighted by atomic mass is 16.5. The van der Waals surface area contributed by atoms with E-state index in [1.165, 1.54) is 6.92 Å². The van der Waals surface area contributed by atoms with Crippen LogP contribution in [0.3, 0.4) is 0 Å². The zero-order chi connectivity index (χ0) is 12.7. The SMILES string of the molecule is CC(=O)OCCC(CN1CCOCC1)C(=O)O. The van der Waals surface area contributed by atoms with E-state index in [4.69, 9.17) is 14.6 Å². The van der Waals surface area contributed by atoms with Gasteiger partial charge >= 0.3 is 11.9 Å². The Labute approximate surface area is 100 Å². The summed E-state index contributed by atoms with van der Waals surface area (Å²) in [6, 6.07) is 0. The van der Waals surface area contributed by atoms with Crippen LogP contribution < -0.4 is 0 Å². The lowest BCUT2D eigenvalue weighted by Gasteiger charge is -2.28. The van der Waals surface area contributed by atoms with Crippen molar-refractivity contribution in [3.63, 3.8) is 0 Å². The Hall–Kier alpha value is -1.14. The molecule has 0 radical (unpaired) electrons. The number of hydrogen-bond acceptors (Lipinski definition) is 5. The van der Waals surface area contributed by atoms with Crippen molar-refractivity contribution in [1.29, 1.82) is 0 Å². The fourth-order valence-corrected chi connectivity index (χ4v) is 1.73. The number of carbonyl (C=O) groups excluding carboxylic acids is 1. The zero-order valence-corrected chi connectivity index (χ0v) is 10.1. The van der Waals surface area contributed by atoms with Crippen LogP contribution in [-0.4, -0.2) is 61.4 Å². The van der Waals surface area contributed by atoms with Crippen LogP contribution in [0.5, 0.6) is 0 Å². The summed E-state index contributed by atoms with van der Waals surface area (Å²) in [5.41, 5.74) is 0. The highest BCUT2D eigenvalue weighted by Gasteiger charge is 2.22. The van der Waals surface area contributed by atoms with Gasteiger partial charge in [-0.2, -0.15) is 0 Å². The third-order valence-electron chi connectivity index (χ3n) is 2.70. The number of ether oxygens (including phenoxy) is 2. The highest BCUT2D eigenvalue weighted by Crippen LogP contribution is 2.09. The zero-order valence-electron chi connectivity index (χ0n) is 10.1. The molecule has 0 aromatic heterocycles. The smallest absolute Gasteiger partial charge is 0.307 e. The summed E-state index contributed by atoms with van der Waals surface area (Å²) in [5.74, 6) is -1.71. The van der Waals surface area contributed by atoms with Crippen LogP contribution in [0.4, 0.5) is 0 Å². The molecule has 1 heterocycles. The largest absolute Gasteiger partial charge is 0.481 e. The quantitative estimate of drug-likeness (QED) is 0.662. The molecule has 1 aliphatic rings. The van der Waals surface area contributed by atoms with Crippen LogP contribution in [0.15, 0.2) is 0 Å². The van der Waals surface area contributed by atoms with E-state index in [9.17, 15) is 9.59 Å². The van der Waals surface area contributed by atoms with Gasteiger partial charge in [-0.05, 0) is 6.42 Å². The second-order valence-corrected chi connectivity index (χ2v) is 4.08. The lowest BCUT2D eigenvalue weighted by Crippen LogP contribution is -2.41. The highest BCUT2D eigenvalue weighted by molar-refractivity contribution is 5.70. The molecule has 0 aromatic rings. The van der Waals surface area contributed by atoms with Crippen LogP contribution in [-0.2, 0) is 19.1 Å². The van der Waals surface area contributed by atoms with Gasteiger partial charge in [-0.15, -0.1) is 0 Å². The Morgan fingerprint density at radius 3 is 2.59 bits per heavy atom. The summed E-state index contributed by atoms with van der Waals surface area (Å²) >= 11 is 0. The van der Waals surface area contributed by atoms with Gasteiger partial charge in [0, 0.05) is 26.6 Å². The monoisotopic (exact) mass is 245 g/mol. The fraction of sp³-hybridized carbons (Fsp3) is 0.818. The summed E-state index contributed by atoms with van der Waals surface area (Å²) in [6.45, 7) is 4.79. The van der Waals surface area contributed by atoms with E-state index in [1.54, 1.807) is 0 Å². The maximum absolute atomic E-state index is 11.1. The van der Waals surface area contributed by atoms with Crippen LogP contribution >= 0.6 is 0 Å². The molecule has 0 spiro atoms. The molecule has 1 saturated heterocycles. The first-order chi connectivity index (χ1) is 8.09. The maximum Gasteiger partial charge on any atom is 0.307 e. The maximum atomic E-state index is 11.1. The molecule has 6 heteroatoms. The molecule has 6 nitrogen and oxygen atoms in total. The molecule has 0 saturated carbocycles. The summed E-state index contributed by atoms with van der Waals surface area (Å²) in [5, 5.41) is 9.07. The predicted octanol–water partition coefficient (Wildman–Crippen LogP) is -0.0274. The van der Waals surface area contributed by atoms with E-state index in [2.05, 4.69) is 4.90 Å². The molecule has 0 aromatic carbocycles. The van der Waals surface area contributed by atoms with E-state index >= 15 is 0 Å². The predicted molar refractivity (Wildman–Crippen MR) is 59.6 cm³/mol. The van der Waals surface area contributed by atoms with Gasteiger partial charge < -0.3 is 14.6 Å². The number of esters is 1. The molecule has 17 heavy (non-hydrogen) atoms. The average molecular weight is 245 g/mol. The summed E-state index contributed by atoms with van der Waals surface area (Å²) in [6.07, 6.45) is 0.353. The van der Waals surface area contributed by atoms with Crippen molar-refractivity contribution in [1.82, 2.24) is 4.90 Å². The van der Waals surface area contributed by atoms with Crippen LogP contribution in [0.25, 0.3) is 0 Å². The topological polar surface area (TPSA) is 76.1 Å². The van der Waals surface area contributed by atoms with E-state index in [1.807, 2.05) is 0 Å². The first kappa shape index (κ1) is 13.9. The van der Waals surface area contributed by atoms with Gasteiger partial charge in [-0.3, -0.25) is 14.5 Å². The molecule has 1 N–H and O–H groups in total. The molecule has 0 bridgehead atoms. The lowest BCUT2D eigenvalue weighted by molar-refractivity contribution is -0.147. The van der Waals surface area contributed by atoms with Crippen LogP contribution in [0, 0.1) is 5.92 Å². The van der Waals surface area contributed by atoms with Crippen molar-refractivity contribution in [2.45, 2.75) is 13.3 Å². The molecule has 0 aliphatic carbocycles. The van der Waals surface area contributed by atoms with Gasteiger partial charge in [-0.1, -0.05) is 0 Å². The molecule has 1 unspecified atom stereocenters. The van der Waals surface area contributed by atoms with Crippen LogP contribution in [0.1, 0.15) is 13.3 Å². The van der Waals surface area contributed by atoms with Gasteiger partial charge in [0.1, 0.15) is 0 Å². The first-order valence-corrected chi connectivity index (χ1v) is 5.76. The second kappa shape index (κ2) is 7.24. The fourth-order valence-electron chi connectivity index (χ4n) is 1.73. The number of carbonyl (C=O) groups is 2. The van der Waals surface area contributed by atoms with Gasteiger partial charge in [0.25, 0.3) is 0 Å². The number of morpholine rings is 1. The number of carboxylic acid groups (broad SMARTS) is 1. The first-order valence-electron chi connectivity index (χ1n) is 5.76. The van der Waals surface area contributed by atoms with Crippen molar-refractivity contribution in [2.75, 3.05) is 39.5 Å². The van der Waals surface area contributed by atoms with Gasteiger partial charge in [-0.25, -0.2) is 0 Å². The van der Waals surface area contributed by atoms with Gasteiger partial charge in [0.05, 0.1) is 25.7 Å². The van der Waals surface area contributed by atoms with E-state index in [-0.39, 0.29) is 12.6 Å². The molecule has 1 fully saturated rings. The number of aliphatic carboxylic acids is 1. The standard InChI is InChI=1S/C11H19NO5/c1-9(13)17-5-2-10(11(14)15)8-12-3-6-16-7-4-12/h10H,2-8H2,1H3,(H,14,15). The third-order valence-corrected chi connectivity index (χ3v) is 2.70. The number of rotatable bonds is 6. The van der Waals surface area contributed by atoms with Gasteiger partial charge in [0.2, 0.25) is 0 Å². The molecule has 1 atom stereocenters. The molecule has 0 amide bonds. The summed E-state index contributed by atoms with van der Waals surface area (Å²) in [7, 11) is 0. The average Bonchev–Trinajstić information content (AvgIpc) is 2.28. The van der Waals surface area contributed by atoms with Crippen molar-refractivity contribution in [3.05, 3.63) is 0 Å².